The van der Waals surface area contributed by atoms with Crippen LogP contribution >= 0.6 is 0 Å². The summed E-state index contributed by atoms with van der Waals surface area (Å²) in [5.41, 5.74) is 0.440. The van der Waals surface area contributed by atoms with Gasteiger partial charge < -0.3 is 78.1 Å². The molecule has 0 bridgehead atoms. The number of amides is 4. The Morgan fingerprint density at radius 1 is 0.275 bits per heavy atom. The molecule has 4 N–H and O–H groups in total. The minimum atomic E-state index is -0.704. The Morgan fingerprint density at radius 3 is 0.600 bits per heavy atom. The highest BCUT2D eigenvalue weighted by Gasteiger charge is 2.28. The minimum Gasteiger partial charge on any atom is -0.492 e. The highest BCUT2D eigenvalue weighted by atomic mass is 16.6. The van der Waals surface area contributed by atoms with Crippen LogP contribution in [0.15, 0.2) is 48.5 Å². The molecule has 0 saturated carbocycles. The van der Waals surface area contributed by atoms with Crippen molar-refractivity contribution in [1.82, 2.24) is 31.1 Å². The fourth-order valence-electron chi connectivity index (χ4n) is 8.31. The second-order valence-corrected chi connectivity index (χ2v) is 16.6. The standard InChI is InChI=1S/C54H68N6O20/c1-69-39-31(13-17-35(43(39)73-5)51(65)77-9)47(61)55-21-25-59(26-22-56-48(62)32-14-18-36(52(66)78-10)44(74-6)40(32)70-2)29-30-60(27-23-57-49(63)33-15-19-37(53(67)79-11)45(75-7)41(33)71-3)28-24-58-50(64)34-16-20-38(54(68)80-12)46(76-8)42(34)72-4/h13-20H,21-30H2,1-12H3,(H,55,61)(H,56,62)(H,57,63)(H,58,64). The van der Waals surface area contributed by atoms with Gasteiger partial charge in [0.05, 0.1) is 108 Å². The van der Waals surface area contributed by atoms with E-state index in [1.807, 2.05) is 9.80 Å². The Bertz CT molecular complexity index is 2500. The summed E-state index contributed by atoms with van der Waals surface area (Å²) in [6.07, 6.45) is 0. The van der Waals surface area contributed by atoms with Gasteiger partial charge in [0.25, 0.3) is 23.6 Å². The number of rotatable bonds is 31. The second-order valence-electron chi connectivity index (χ2n) is 16.6. The van der Waals surface area contributed by atoms with E-state index in [0.717, 1.165) is 0 Å². The van der Waals surface area contributed by atoms with Gasteiger partial charge in [0.2, 0.25) is 0 Å². The topological polar surface area (TPSA) is 302 Å². The summed E-state index contributed by atoms with van der Waals surface area (Å²) in [5.74, 6) is -5.06. The van der Waals surface area contributed by atoms with Crippen LogP contribution in [0.2, 0.25) is 0 Å². The summed E-state index contributed by atoms with van der Waals surface area (Å²) in [6.45, 7) is 1.63. The maximum atomic E-state index is 13.7. The molecule has 0 atom stereocenters. The number of ether oxygens (including phenoxy) is 12. The van der Waals surface area contributed by atoms with E-state index in [-0.39, 0.29) is 156 Å². The molecule has 26 heteroatoms. The van der Waals surface area contributed by atoms with E-state index in [9.17, 15) is 38.4 Å². The monoisotopic (exact) mass is 1120 g/mol. The zero-order chi connectivity index (χ0) is 59.1. The van der Waals surface area contributed by atoms with Gasteiger partial charge in [-0.25, -0.2) is 19.2 Å². The summed E-state index contributed by atoms with van der Waals surface area (Å²) in [6, 6.07) is 11.1. The summed E-state index contributed by atoms with van der Waals surface area (Å²) in [7, 11) is 15.4. The van der Waals surface area contributed by atoms with E-state index in [4.69, 9.17) is 56.8 Å². The normalized spacial score (nSPS) is 10.6. The molecule has 0 unspecified atom stereocenters. The molecule has 4 rings (SSSR count). The zero-order valence-corrected chi connectivity index (χ0v) is 46.7. The quantitative estimate of drug-likeness (QED) is 0.0416. The third-order valence-corrected chi connectivity index (χ3v) is 12.3. The molecule has 4 aromatic carbocycles. The fourth-order valence-corrected chi connectivity index (χ4v) is 8.31. The van der Waals surface area contributed by atoms with E-state index in [0.29, 0.717) is 0 Å². The van der Waals surface area contributed by atoms with E-state index in [1.165, 1.54) is 134 Å². The number of benzene rings is 4. The average Bonchev–Trinajstić information content (AvgIpc) is 3.50. The number of nitrogens with zero attached hydrogens (tertiary/aromatic N) is 2. The van der Waals surface area contributed by atoms with Gasteiger partial charge in [-0.1, -0.05) is 0 Å². The van der Waals surface area contributed by atoms with Crippen LogP contribution in [0.5, 0.6) is 46.0 Å². The zero-order valence-electron chi connectivity index (χ0n) is 46.7. The Kier molecular flexibility index (Phi) is 24.9. The largest absolute Gasteiger partial charge is 0.492 e. The molecule has 0 aromatic heterocycles. The van der Waals surface area contributed by atoms with Crippen molar-refractivity contribution in [2.24, 2.45) is 0 Å². The van der Waals surface area contributed by atoms with Crippen molar-refractivity contribution in [1.29, 1.82) is 0 Å². The second kappa shape index (κ2) is 31.4. The molecule has 0 heterocycles. The highest BCUT2D eigenvalue weighted by molar-refractivity contribution is 6.04. The Hall–Kier alpha value is -9.04. The lowest BCUT2D eigenvalue weighted by Crippen LogP contribution is -2.46. The van der Waals surface area contributed by atoms with Crippen LogP contribution in [0.25, 0.3) is 0 Å². The molecule has 4 amide bonds. The number of hydrogen-bond donors (Lipinski definition) is 4. The molecule has 434 valence electrons. The minimum absolute atomic E-state index is 0.000510. The Balaban J connectivity index is 1.64. The van der Waals surface area contributed by atoms with Gasteiger partial charge in [0, 0.05) is 65.4 Å². The molecule has 0 aliphatic rings. The molecule has 26 nitrogen and oxygen atoms in total. The number of carbonyl (C=O) groups is 8. The Morgan fingerprint density at radius 2 is 0.438 bits per heavy atom. The number of methoxy groups -OCH3 is 12. The van der Waals surface area contributed by atoms with Crippen LogP contribution in [-0.2, 0) is 18.9 Å². The summed E-state index contributed by atoms with van der Waals surface area (Å²) >= 11 is 0. The van der Waals surface area contributed by atoms with E-state index < -0.39 is 47.5 Å². The molecule has 0 aliphatic heterocycles. The van der Waals surface area contributed by atoms with Crippen LogP contribution in [0.1, 0.15) is 82.9 Å². The first-order chi connectivity index (χ1) is 38.5. The molecule has 80 heavy (non-hydrogen) atoms. The molecule has 0 radical (unpaired) electrons. The lowest BCUT2D eigenvalue weighted by atomic mass is 10.1. The molecular weight excluding hydrogens is 1050 g/mol. The lowest BCUT2D eigenvalue weighted by molar-refractivity contribution is 0.0587. The maximum Gasteiger partial charge on any atom is 0.341 e. The van der Waals surface area contributed by atoms with Crippen LogP contribution in [-0.4, -0.2) is 208 Å². The number of hydrogen-bond acceptors (Lipinski definition) is 22. The lowest BCUT2D eigenvalue weighted by Gasteiger charge is -2.28. The van der Waals surface area contributed by atoms with Crippen LogP contribution < -0.4 is 59.2 Å². The van der Waals surface area contributed by atoms with Crippen molar-refractivity contribution in [3.63, 3.8) is 0 Å². The smallest absolute Gasteiger partial charge is 0.341 e. The number of esters is 4. The molecule has 0 spiro atoms. The van der Waals surface area contributed by atoms with Crippen LogP contribution in [0.3, 0.4) is 0 Å². The maximum absolute atomic E-state index is 13.7. The van der Waals surface area contributed by atoms with Crippen molar-refractivity contribution in [2.75, 3.05) is 151 Å². The van der Waals surface area contributed by atoms with Gasteiger partial charge in [-0.2, -0.15) is 0 Å². The average molecular weight is 1120 g/mol. The van der Waals surface area contributed by atoms with Crippen molar-refractivity contribution in [3.05, 3.63) is 93.0 Å². The van der Waals surface area contributed by atoms with E-state index in [2.05, 4.69) is 21.3 Å². The molecular formula is C54H68N6O20. The van der Waals surface area contributed by atoms with E-state index in [1.54, 1.807) is 0 Å². The van der Waals surface area contributed by atoms with E-state index >= 15 is 0 Å². The van der Waals surface area contributed by atoms with Gasteiger partial charge >= 0.3 is 23.9 Å². The summed E-state index contributed by atoms with van der Waals surface area (Å²) in [4.78, 5) is 109. The first-order valence-corrected chi connectivity index (χ1v) is 24.4. The van der Waals surface area contributed by atoms with Gasteiger partial charge in [-0.3, -0.25) is 29.0 Å². The predicted molar refractivity (Wildman–Crippen MR) is 286 cm³/mol. The van der Waals surface area contributed by atoms with Crippen LogP contribution in [0.4, 0.5) is 0 Å². The first-order valence-electron chi connectivity index (χ1n) is 24.4. The van der Waals surface area contributed by atoms with Gasteiger partial charge in [0.15, 0.2) is 46.0 Å². The van der Waals surface area contributed by atoms with Crippen molar-refractivity contribution in [2.45, 2.75) is 0 Å². The fraction of sp³-hybridized carbons (Fsp3) is 0.407. The number of carbonyl (C=O) groups excluding carboxylic acids is 8. The first kappa shape index (κ1) is 63.5. The van der Waals surface area contributed by atoms with Crippen molar-refractivity contribution >= 4 is 47.5 Å². The van der Waals surface area contributed by atoms with Gasteiger partial charge in [-0.15, -0.1) is 0 Å². The predicted octanol–water partition coefficient (Wildman–Crippen LogP) is 2.53. The summed E-state index contributed by atoms with van der Waals surface area (Å²) in [5, 5.41) is 11.5. The molecule has 4 aromatic rings. The molecule has 0 aliphatic carbocycles. The number of nitrogens with one attached hydrogen (secondary N) is 4. The molecule has 0 fully saturated rings. The molecule has 0 saturated heterocycles. The van der Waals surface area contributed by atoms with Gasteiger partial charge in [-0.05, 0) is 48.5 Å². The van der Waals surface area contributed by atoms with Crippen molar-refractivity contribution < 1.29 is 95.2 Å². The van der Waals surface area contributed by atoms with Crippen molar-refractivity contribution in [3.8, 4) is 46.0 Å². The Labute approximate surface area is 462 Å². The highest BCUT2D eigenvalue weighted by Crippen LogP contribution is 2.38. The summed E-state index contributed by atoms with van der Waals surface area (Å²) < 4.78 is 63.2. The third kappa shape index (κ3) is 15.4. The van der Waals surface area contributed by atoms with Gasteiger partial charge in [0.1, 0.15) is 22.3 Å². The van der Waals surface area contributed by atoms with Crippen LogP contribution in [0, 0.1) is 0 Å². The third-order valence-electron chi connectivity index (χ3n) is 12.3. The SMILES string of the molecule is COC(=O)c1ccc(C(=O)NCCN(CCNC(=O)c2ccc(C(=O)OC)c(OC)c2OC)CCN(CCNC(=O)c2ccc(C(=O)OC)c(OC)c2OC)CCNC(=O)c2ccc(C(=O)OC)c(OC)c2OC)c(OC)c1OC.